The lowest BCUT2D eigenvalue weighted by Crippen LogP contribution is -2.48. The number of benzene rings is 1. The van der Waals surface area contributed by atoms with Crippen LogP contribution in [0.2, 0.25) is 0 Å². The summed E-state index contributed by atoms with van der Waals surface area (Å²) in [7, 11) is 0. The normalized spacial score (nSPS) is 19.9. The van der Waals surface area contributed by atoms with Gasteiger partial charge in [-0.15, -0.1) is 0 Å². The summed E-state index contributed by atoms with van der Waals surface area (Å²) >= 11 is 0. The zero-order valence-corrected chi connectivity index (χ0v) is 11.1. The van der Waals surface area contributed by atoms with Crippen molar-refractivity contribution >= 4 is 5.69 Å². The van der Waals surface area contributed by atoms with Crippen molar-refractivity contribution in [2.24, 2.45) is 0 Å². The molecule has 1 aliphatic carbocycles. The van der Waals surface area contributed by atoms with Crippen LogP contribution in [0.15, 0.2) is 24.3 Å². The fraction of sp³-hybridized carbons (Fsp3) is 0.600. The second-order valence-corrected chi connectivity index (χ2v) is 5.38. The number of anilines is 1. The van der Waals surface area contributed by atoms with Gasteiger partial charge in [-0.25, -0.2) is 4.39 Å². The Hall–Kier alpha value is -1.13. The van der Waals surface area contributed by atoms with E-state index in [4.69, 9.17) is 0 Å². The third-order valence-corrected chi connectivity index (χ3v) is 3.97. The lowest BCUT2D eigenvalue weighted by molar-refractivity contribution is -0.0189. The Kier molecular flexibility index (Phi) is 4.77. The number of aliphatic hydroxyl groups is 2. The molecule has 0 radical (unpaired) electrons. The summed E-state index contributed by atoms with van der Waals surface area (Å²) in [6, 6.07) is 5.91. The van der Waals surface area contributed by atoms with Gasteiger partial charge in [-0.1, -0.05) is 19.3 Å². The minimum Gasteiger partial charge on any atom is -0.396 e. The van der Waals surface area contributed by atoms with Gasteiger partial charge in [0.25, 0.3) is 0 Å². The molecule has 4 heteroatoms. The smallest absolute Gasteiger partial charge is 0.123 e. The Balaban J connectivity index is 2.08. The van der Waals surface area contributed by atoms with Crippen LogP contribution in [0.25, 0.3) is 0 Å². The summed E-state index contributed by atoms with van der Waals surface area (Å²) in [5.41, 5.74) is 0.00823. The maximum atomic E-state index is 12.9. The van der Waals surface area contributed by atoms with Gasteiger partial charge in [-0.05, 0) is 43.5 Å². The van der Waals surface area contributed by atoms with Crippen LogP contribution in [0.1, 0.15) is 38.5 Å². The van der Waals surface area contributed by atoms with E-state index in [0.29, 0.717) is 6.42 Å². The van der Waals surface area contributed by atoms with E-state index in [2.05, 4.69) is 5.32 Å². The molecule has 0 bridgehead atoms. The van der Waals surface area contributed by atoms with Crippen LogP contribution in [-0.4, -0.2) is 28.5 Å². The van der Waals surface area contributed by atoms with Gasteiger partial charge in [-0.3, -0.25) is 0 Å². The van der Waals surface area contributed by atoms with Crippen molar-refractivity contribution in [3.8, 4) is 0 Å². The number of nitrogens with one attached hydrogen (secondary N) is 1. The molecule has 0 saturated heterocycles. The summed E-state index contributed by atoms with van der Waals surface area (Å²) in [5.74, 6) is -0.277. The van der Waals surface area contributed by atoms with Crippen LogP contribution < -0.4 is 5.32 Å². The third-order valence-electron chi connectivity index (χ3n) is 3.97. The average molecular weight is 267 g/mol. The molecule has 1 aromatic carbocycles. The van der Waals surface area contributed by atoms with Crippen molar-refractivity contribution < 1.29 is 14.6 Å². The van der Waals surface area contributed by atoms with Gasteiger partial charge in [0.1, 0.15) is 5.82 Å². The topological polar surface area (TPSA) is 52.5 Å². The Bertz CT molecular complexity index is 388. The first kappa shape index (κ1) is 14.3. The van der Waals surface area contributed by atoms with Crippen LogP contribution in [0.4, 0.5) is 10.1 Å². The van der Waals surface area contributed by atoms with Gasteiger partial charge in [0, 0.05) is 12.3 Å². The quantitative estimate of drug-likeness (QED) is 0.769. The molecular formula is C15H22FNO2. The van der Waals surface area contributed by atoms with Crippen LogP contribution in [0.3, 0.4) is 0 Å². The Morgan fingerprint density at radius 2 is 1.79 bits per heavy atom. The van der Waals surface area contributed by atoms with E-state index < -0.39 is 5.60 Å². The number of hydrogen-bond acceptors (Lipinski definition) is 3. The fourth-order valence-electron chi connectivity index (χ4n) is 2.86. The molecule has 1 atom stereocenters. The number of rotatable bonds is 5. The molecule has 3 N–H and O–H groups in total. The first-order chi connectivity index (χ1) is 9.14. The maximum absolute atomic E-state index is 12.9. The minimum absolute atomic E-state index is 0.0289. The van der Waals surface area contributed by atoms with Gasteiger partial charge < -0.3 is 15.5 Å². The molecule has 1 saturated carbocycles. The molecule has 1 fully saturated rings. The van der Waals surface area contributed by atoms with Crippen molar-refractivity contribution in [1.29, 1.82) is 0 Å². The first-order valence-electron chi connectivity index (χ1n) is 6.99. The summed E-state index contributed by atoms with van der Waals surface area (Å²) < 4.78 is 12.9. The van der Waals surface area contributed by atoms with Crippen molar-refractivity contribution in [3.63, 3.8) is 0 Å². The Morgan fingerprint density at radius 1 is 1.16 bits per heavy atom. The van der Waals surface area contributed by atoms with E-state index in [1.165, 1.54) is 12.1 Å². The van der Waals surface area contributed by atoms with E-state index in [0.717, 1.165) is 37.8 Å². The predicted octanol–water partition coefficient (Wildman–Crippen LogP) is 2.68. The molecule has 2 rings (SSSR count). The standard InChI is InChI=1S/C15H22FNO2/c16-12-4-6-13(7-5-12)17-14(8-11-18)15(19)9-2-1-3-10-15/h4-7,14,17-19H,1-3,8-11H2. The highest BCUT2D eigenvalue weighted by Gasteiger charge is 2.37. The first-order valence-corrected chi connectivity index (χ1v) is 6.99. The monoisotopic (exact) mass is 267 g/mol. The lowest BCUT2D eigenvalue weighted by atomic mass is 9.78. The third kappa shape index (κ3) is 3.67. The van der Waals surface area contributed by atoms with Crippen LogP contribution in [-0.2, 0) is 0 Å². The number of hydrogen-bond donors (Lipinski definition) is 3. The highest BCUT2D eigenvalue weighted by atomic mass is 19.1. The Labute approximate surface area is 113 Å². The molecule has 0 spiro atoms. The molecular weight excluding hydrogens is 245 g/mol. The van der Waals surface area contributed by atoms with E-state index in [1.54, 1.807) is 12.1 Å². The summed E-state index contributed by atoms with van der Waals surface area (Å²) in [4.78, 5) is 0. The fourth-order valence-corrected chi connectivity index (χ4v) is 2.86. The minimum atomic E-state index is -0.768. The van der Waals surface area contributed by atoms with Crippen LogP contribution >= 0.6 is 0 Å². The number of halogens is 1. The molecule has 0 aliphatic heterocycles. The summed E-state index contributed by atoms with van der Waals surface area (Å²) in [6.45, 7) is 0.0289. The predicted molar refractivity (Wildman–Crippen MR) is 73.5 cm³/mol. The molecule has 3 nitrogen and oxygen atoms in total. The van der Waals surface area contributed by atoms with Gasteiger partial charge in [0.05, 0.1) is 11.6 Å². The number of aliphatic hydroxyl groups excluding tert-OH is 1. The molecule has 19 heavy (non-hydrogen) atoms. The zero-order chi connectivity index (χ0) is 13.7. The van der Waals surface area contributed by atoms with Crippen LogP contribution in [0, 0.1) is 5.82 Å². The largest absolute Gasteiger partial charge is 0.396 e. The van der Waals surface area contributed by atoms with Gasteiger partial charge >= 0.3 is 0 Å². The van der Waals surface area contributed by atoms with Crippen molar-refractivity contribution in [1.82, 2.24) is 0 Å². The van der Waals surface area contributed by atoms with E-state index in [-0.39, 0.29) is 18.5 Å². The van der Waals surface area contributed by atoms with Crippen molar-refractivity contribution in [2.45, 2.75) is 50.2 Å². The van der Waals surface area contributed by atoms with Crippen molar-refractivity contribution in [3.05, 3.63) is 30.1 Å². The second-order valence-electron chi connectivity index (χ2n) is 5.38. The van der Waals surface area contributed by atoms with E-state index >= 15 is 0 Å². The molecule has 0 aromatic heterocycles. The lowest BCUT2D eigenvalue weighted by Gasteiger charge is -2.40. The van der Waals surface area contributed by atoms with Gasteiger partial charge in [-0.2, -0.15) is 0 Å². The highest BCUT2D eigenvalue weighted by molar-refractivity contribution is 5.44. The van der Waals surface area contributed by atoms with Crippen LogP contribution in [0.5, 0.6) is 0 Å². The summed E-state index contributed by atoms with van der Waals surface area (Å²) in [6.07, 6.45) is 5.20. The maximum Gasteiger partial charge on any atom is 0.123 e. The van der Waals surface area contributed by atoms with E-state index in [1.807, 2.05) is 0 Å². The molecule has 106 valence electrons. The summed E-state index contributed by atoms with van der Waals surface area (Å²) in [5, 5.41) is 23.2. The molecule has 0 amide bonds. The second kappa shape index (κ2) is 6.35. The van der Waals surface area contributed by atoms with Gasteiger partial charge in [0.2, 0.25) is 0 Å². The van der Waals surface area contributed by atoms with E-state index in [9.17, 15) is 14.6 Å². The molecule has 1 aromatic rings. The van der Waals surface area contributed by atoms with Gasteiger partial charge in [0.15, 0.2) is 0 Å². The molecule has 1 aliphatic rings. The SMILES string of the molecule is OCCC(Nc1ccc(F)cc1)C1(O)CCCCC1. The van der Waals surface area contributed by atoms with Crippen molar-refractivity contribution in [2.75, 3.05) is 11.9 Å². The molecule has 0 heterocycles. The zero-order valence-electron chi connectivity index (χ0n) is 11.1. The highest BCUT2D eigenvalue weighted by Crippen LogP contribution is 2.33. The average Bonchev–Trinajstić information content (AvgIpc) is 2.41. The Morgan fingerprint density at radius 3 is 2.37 bits per heavy atom. The molecule has 1 unspecified atom stereocenters.